The number of ether oxygens (including phenoxy) is 1. The predicted molar refractivity (Wildman–Crippen MR) is 140 cm³/mol. The van der Waals surface area contributed by atoms with Gasteiger partial charge in [-0.25, -0.2) is 23.4 Å². The minimum atomic E-state index is -5.17. The van der Waals surface area contributed by atoms with Crippen molar-refractivity contribution in [3.8, 4) is 0 Å². The highest BCUT2D eigenvalue weighted by molar-refractivity contribution is 7.97. The maximum atomic E-state index is 13.2. The summed E-state index contributed by atoms with van der Waals surface area (Å²) in [5.74, 6) is -0.528. The maximum Gasteiger partial charge on any atom is 0.348 e. The van der Waals surface area contributed by atoms with Crippen LogP contribution in [0.25, 0.3) is 11.2 Å². The third-order valence-corrected chi connectivity index (χ3v) is 10.8. The molecule has 5 N–H and O–H groups in total. The summed E-state index contributed by atoms with van der Waals surface area (Å²) in [5, 5.41) is 24.6. The standard InChI is InChI=1S/C24H26N5O8PS/c30-19-17(12-39(35,36)24(38(32,33)34)16-9-5-2-6-10-16)37-23(20(19)31)29-14-28-18-21(26-13-27-22(18)29)25-11-15-7-3-1-4-8-15/h1-10,13-14,17,19-20,23-24,30-31H,11-12H2,(H,25,26,27)(H2,32,33,34)/t17-,19-,20?,23-,24?/m1/s1. The highest BCUT2D eigenvalue weighted by atomic mass is 32.2. The molecule has 0 bridgehead atoms. The fourth-order valence-corrected chi connectivity index (χ4v) is 8.57. The number of aliphatic hydroxyl groups is 2. The Bertz CT molecular complexity index is 1600. The van der Waals surface area contributed by atoms with Crippen LogP contribution < -0.4 is 5.32 Å². The molecule has 1 saturated heterocycles. The summed E-state index contributed by atoms with van der Waals surface area (Å²) in [5.41, 5.74) is 1.54. The van der Waals surface area contributed by atoms with E-state index in [2.05, 4.69) is 20.3 Å². The molecule has 2 aromatic heterocycles. The molecule has 15 heteroatoms. The van der Waals surface area contributed by atoms with E-state index in [1.54, 1.807) is 6.07 Å². The van der Waals surface area contributed by atoms with Gasteiger partial charge in [0.25, 0.3) is 0 Å². The maximum absolute atomic E-state index is 13.2. The second-order valence-electron chi connectivity index (χ2n) is 9.11. The summed E-state index contributed by atoms with van der Waals surface area (Å²) in [6.07, 6.45) is -3.39. The molecule has 0 saturated carbocycles. The van der Waals surface area contributed by atoms with E-state index in [9.17, 15) is 33.0 Å². The van der Waals surface area contributed by atoms with E-state index in [0.717, 1.165) is 5.56 Å². The van der Waals surface area contributed by atoms with Gasteiger partial charge in [0, 0.05) is 6.54 Å². The van der Waals surface area contributed by atoms with E-state index in [-0.39, 0.29) is 11.2 Å². The first-order valence-corrected chi connectivity index (χ1v) is 15.2. The van der Waals surface area contributed by atoms with E-state index in [4.69, 9.17) is 4.74 Å². The fraction of sp³-hybridized carbons (Fsp3) is 0.292. The molecule has 39 heavy (non-hydrogen) atoms. The lowest BCUT2D eigenvalue weighted by Crippen LogP contribution is -2.36. The lowest BCUT2D eigenvalue weighted by molar-refractivity contribution is -0.0292. The first-order valence-electron chi connectivity index (χ1n) is 11.8. The number of benzene rings is 2. The van der Waals surface area contributed by atoms with Gasteiger partial charge in [0.1, 0.15) is 24.6 Å². The SMILES string of the molecule is O=P(O)(O)C(c1ccccc1)S(=O)(=O)C[C@H]1O[C@@H](n2cnc3c(NCc4ccccc4)ncnc32)C(O)[C@@H]1O. The molecule has 0 radical (unpaired) electrons. The molecule has 0 amide bonds. The summed E-state index contributed by atoms with van der Waals surface area (Å²) < 4.78 is 45.7. The lowest BCUT2D eigenvalue weighted by atomic mass is 10.1. The number of hydrogen-bond acceptors (Lipinski definition) is 10. The third kappa shape index (κ3) is 5.58. The summed E-state index contributed by atoms with van der Waals surface area (Å²) in [4.78, 5) is 30.3. The Morgan fingerprint density at radius 2 is 1.64 bits per heavy atom. The quantitative estimate of drug-likeness (QED) is 0.180. The van der Waals surface area contributed by atoms with Crippen LogP contribution in [0.15, 0.2) is 73.3 Å². The van der Waals surface area contributed by atoms with Crippen LogP contribution in [-0.2, 0) is 25.7 Å². The van der Waals surface area contributed by atoms with Gasteiger partial charge in [-0.3, -0.25) is 9.13 Å². The summed E-state index contributed by atoms with van der Waals surface area (Å²) in [6.45, 7) is 0.461. The summed E-state index contributed by atoms with van der Waals surface area (Å²) in [7, 11) is -9.74. The minimum absolute atomic E-state index is 0.0942. The van der Waals surface area contributed by atoms with Crippen molar-refractivity contribution in [2.45, 2.75) is 36.1 Å². The Hall–Kier alpha value is -3.23. The van der Waals surface area contributed by atoms with Crippen LogP contribution in [0.2, 0.25) is 0 Å². The van der Waals surface area contributed by atoms with Gasteiger partial charge in [0.2, 0.25) is 0 Å². The number of aromatic nitrogens is 4. The molecule has 5 atom stereocenters. The zero-order valence-corrected chi connectivity index (χ0v) is 22.0. The Kier molecular flexibility index (Phi) is 7.53. The molecule has 5 rings (SSSR count). The molecule has 2 aromatic carbocycles. The Morgan fingerprint density at radius 3 is 2.31 bits per heavy atom. The van der Waals surface area contributed by atoms with Crippen LogP contribution in [0.4, 0.5) is 5.82 Å². The number of nitrogens with one attached hydrogen (secondary N) is 1. The molecule has 2 unspecified atom stereocenters. The third-order valence-electron chi connectivity index (χ3n) is 6.40. The topological polar surface area (TPSA) is 197 Å². The van der Waals surface area contributed by atoms with Crippen LogP contribution in [0, 0.1) is 0 Å². The first-order chi connectivity index (χ1) is 18.6. The summed E-state index contributed by atoms with van der Waals surface area (Å²) >= 11 is 0. The van der Waals surface area contributed by atoms with Gasteiger partial charge in [0.15, 0.2) is 38.0 Å². The summed E-state index contributed by atoms with van der Waals surface area (Å²) in [6, 6.07) is 16.7. The average Bonchev–Trinajstić information content (AvgIpc) is 3.44. The second-order valence-corrected chi connectivity index (χ2v) is 13.3. The molecule has 1 fully saturated rings. The largest absolute Gasteiger partial charge is 0.387 e. The van der Waals surface area contributed by atoms with Crippen molar-refractivity contribution in [1.82, 2.24) is 19.5 Å². The lowest BCUT2D eigenvalue weighted by Gasteiger charge is -2.22. The van der Waals surface area contributed by atoms with Crippen molar-refractivity contribution in [3.63, 3.8) is 0 Å². The van der Waals surface area contributed by atoms with Crippen molar-refractivity contribution in [2.75, 3.05) is 11.1 Å². The number of hydrogen-bond donors (Lipinski definition) is 5. The molecular formula is C24H26N5O8PS. The van der Waals surface area contributed by atoms with Crippen LogP contribution >= 0.6 is 7.60 Å². The van der Waals surface area contributed by atoms with E-state index in [1.807, 2.05) is 30.3 Å². The van der Waals surface area contributed by atoms with E-state index in [1.165, 1.54) is 41.5 Å². The van der Waals surface area contributed by atoms with Crippen molar-refractivity contribution in [1.29, 1.82) is 0 Å². The number of sulfone groups is 1. The van der Waals surface area contributed by atoms with Crippen LogP contribution in [-0.4, -0.2) is 72.0 Å². The Balaban J connectivity index is 1.38. The Labute approximate surface area is 223 Å². The van der Waals surface area contributed by atoms with Gasteiger partial charge in [-0.2, -0.15) is 0 Å². The zero-order valence-electron chi connectivity index (χ0n) is 20.3. The average molecular weight is 576 g/mol. The number of nitrogens with zero attached hydrogens (tertiary/aromatic N) is 4. The molecule has 1 aliphatic heterocycles. The van der Waals surface area contributed by atoms with E-state index in [0.29, 0.717) is 17.9 Å². The van der Waals surface area contributed by atoms with Crippen LogP contribution in [0.5, 0.6) is 0 Å². The molecule has 206 valence electrons. The molecule has 1 aliphatic rings. The van der Waals surface area contributed by atoms with Gasteiger partial charge in [0.05, 0.1) is 12.1 Å². The van der Waals surface area contributed by atoms with Crippen molar-refractivity contribution in [2.24, 2.45) is 0 Å². The van der Waals surface area contributed by atoms with E-state index >= 15 is 0 Å². The minimum Gasteiger partial charge on any atom is -0.387 e. The van der Waals surface area contributed by atoms with Gasteiger partial charge >= 0.3 is 7.60 Å². The zero-order chi connectivity index (χ0) is 27.8. The second kappa shape index (κ2) is 10.7. The van der Waals surface area contributed by atoms with Gasteiger partial charge in [-0.1, -0.05) is 60.7 Å². The molecule has 0 spiro atoms. The van der Waals surface area contributed by atoms with E-state index < -0.39 is 52.7 Å². The number of anilines is 1. The number of aliphatic hydroxyl groups excluding tert-OH is 2. The number of imidazole rings is 1. The van der Waals surface area contributed by atoms with Gasteiger partial charge in [-0.05, 0) is 11.1 Å². The van der Waals surface area contributed by atoms with Crippen molar-refractivity contribution >= 4 is 34.4 Å². The van der Waals surface area contributed by atoms with Crippen LogP contribution in [0.1, 0.15) is 22.3 Å². The van der Waals surface area contributed by atoms with Gasteiger partial charge in [-0.15, -0.1) is 0 Å². The molecule has 0 aliphatic carbocycles. The molecule has 4 aromatic rings. The highest BCUT2D eigenvalue weighted by Crippen LogP contribution is 2.55. The fourth-order valence-electron chi connectivity index (χ4n) is 4.59. The first kappa shape index (κ1) is 27.3. The highest BCUT2D eigenvalue weighted by Gasteiger charge is 2.50. The normalized spacial score (nSPS) is 22.7. The molecule has 13 nitrogen and oxygen atoms in total. The van der Waals surface area contributed by atoms with Crippen LogP contribution in [0.3, 0.4) is 0 Å². The number of fused-ring (bicyclic) bond motifs is 1. The smallest absolute Gasteiger partial charge is 0.348 e. The molecular weight excluding hydrogens is 549 g/mol. The van der Waals surface area contributed by atoms with Crippen molar-refractivity contribution < 1.29 is 37.7 Å². The predicted octanol–water partition coefficient (Wildman–Crippen LogP) is 1.35. The molecule has 3 heterocycles. The monoisotopic (exact) mass is 575 g/mol. The Morgan fingerprint density at radius 1 is 0.974 bits per heavy atom. The number of rotatable bonds is 9. The van der Waals surface area contributed by atoms with Gasteiger partial charge < -0.3 is 30.1 Å². The van der Waals surface area contributed by atoms with Crippen molar-refractivity contribution in [3.05, 3.63) is 84.4 Å².